The summed E-state index contributed by atoms with van der Waals surface area (Å²) in [4.78, 5) is 0. The zero-order valence-electron chi connectivity index (χ0n) is 17.2. The normalized spacial score (nSPS) is 11.7. The number of benzene rings is 2. The number of nitrogens with one attached hydrogen (secondary N) is 1. The third-order valence-electron chi connectivity index (χ3n) is 4.95. The van der Waals surface area contributed by atoms with Gasteiger partial charge in [0.05, 0.1) is 29.8 Å². The molecular weight excluding hydrogens is 386 g/mol. The molecule has 29 heavy (non-hydrogen) atoms. The number of unbranched alkanes of at least 4 members (excludes halogenated alkanes) is 1. The molecule has 0 aliphatic rings. The Labute approximate surface area is 172 Å². The second-order valence-corrected chi connectivity index (χ2v) is 8.99. The number of nitrogens with zero attached hydrogens (tertiary/aromatic N) is 1. The van der Waals surface area contributed by atoms with Gasteiger partial charge in [-0.25, -0.2) is 8.42 Å². The molecule has 3 aromatic rings. The molecule has 0 bridgehead atoms. The molecule has 0 saturated heterocycles. The van der Waals surface area contributed by atoms with Crippen LogP contribution in [0.15, 0.2) is 42.5 Å². The van der Waals surface area contributed by atoms with Crippen molar-refractivity contribution < 1.29 is 13.2 Å². The maximum Gasteiger partial charge on any atom is 0.232 e. The summed E-state index contributed by atoms with van der Waals surface area (Å²) < 4.78 is 34.3. The molecule has 156 valence electrons. The summed E-state index contributed by atoms with van der Waals surface area (Å²) in [5.41, 5.74) is 10.8. The number of anilines is 2. The minimum absolute atomic E-state index is 0.106. The first-order valence-electron chi connectivity index (χ1n) is 9.96. The van der Waals surface area contributed by atoms with E-state index in [2.05, 4.69) is 16.2 Å². The Morgan fingerprint density at radius 2 is 1.79 bits per heavy atom. The third-order valence-corrected chi connectivity index (χ3v) is 6.44. The summed E-state index contributed by atoms with van der Waals surface area (Å²) in [6.07, 6.45) is 2.68. The number of rotatable bonds is 9. The fourth-order valence-corrected chi connectivity index (χ4v) is 4.67. The fourth-order valence-electron chi connectivity index (χ4n) is 3.54. The van der Waals surface area contributed by atoms with Crippen molar-refractivity contribution in [1.29, 1.82) is 0 Å². The molecule has 3 N–H and O–H groups in total. The number of ether oxygens (including phenoxy) is 1. The van der Waals surface area contributed by atoms with E-state index < -0.39 is 10.0 Å². The van der Waals surface area contributed by atoms with Crippen molar-refractivity contribution in [2.45, 2.75) is 39.7 Å². The number of nitrogen functional groups attached to an aromatic ring is 1. The first kappa shape index (κ1) is 21.0. The van der Waals surface area contributed by atoms with Crippen molar-refractivity contribution in [3.8, 4) is 17.0 Å². The van der Waals surface area contributed by atoms with Gasteiger partial charge in [-0.15, -0.1) is 0 Å². The summed E-state index contributed by atoms with van der Waals surface area (Å²) >= 11 is 0. The Hall–Kier alpha value is -2.67. The molecule has 3 rings (SSSR count). The monoisotopic (exact) mass is 415 g/mol. The van der Waals surface area contributed by atoms with Crippen LogP contribution >= 0.6 is 0 Å². The molecule has 0 spiro atoms. The van der Waals surface area contributed by atoms with Gasteiger partial charge in [-0.2, -0.15) is 0 Å². The van der Waals surface area contributed by atoms with Gasteiger partial charge in [0, 0.05) is 29.2 Å². The molecular formula is C22H29N3O3S. The maximum atomic E-state index is 12.0. The summed E-state index contributed by atoms with van der Waals surface area (Å²) in [6, 6.07) is 13.3. The van der Waals surface area contributed by atoms with E-state index in [-0.39, 0.29) is 5.75 Å². The molecule has 1 heterocycles. The highest BCUT2D eigenvalue weighted by atomic mass is 32.2. The molecule has 6 nitrogen and oxygen atoms in total. The lowest BCUT2D eigenvalue weighted by atomic mass is 10.1. The van der Waals surface area contributed by atoms with Crippen molar-refractivity contribution in [3.05, 3.63) is 42.5 Å². The number of aromatic nitrogens is 1. The van der Waals surface area contributed by atoms with E-state index in [0.717, 1.165) is 53.0 Å². The van der Waals surface area contributed by atoms with Gasteiger partial charge in [-0.1, -0.05) is 32.4 Å². The van der Waals surface area contributed by atoms with E-state index >= 15 is 0 Å². The average molecular weight is 416 g/mol. The van der Waals surface area contributed by atoms with Gasteiger partial charge < -0.3 is 15.0 Å². The van der Waals surface area contributed by atoms with E-state index in [4.69, 9.17) is 10.5 Å². The molecule has 2 aromatic carbocycles. The Bertz CT molecular complexity index is 1090. The van der Waals surface area contributed by atoms with Gasteiger partial charge in [0.25, 0.3) is 0 Å². The number of aryl methyl sites for hydroxylation is 1. The zero-order chi connectivity index (χ0) is 21.0. The fraction of sp³-hybridized carbons (Fsp3) is 0.364. The van der Waals surface area contributed by atoms with Crippen LogP contribution < -0.4 is 15.2 Å². The minimum Gasteiger partial charge on any atom is -0.497 e. The number of hydrogen-bond acceptors (Lipinski definition) is 4. The van der Waals surface area contributed by atoms with E-state index in [1.54, 1.807) is 19.2 Å². The largest absolute Gasteiger partial charge is 0.497 e. The van der Waals surface area contributed by atoms with Crippen molar-refractivity contribution >= 4 is 32.3 Å². The minimum atomic E-state index is -3.31. The van der Waals surface area contributed by atoms with Crippen LogP contribution in [0.25, 0.3) is 22.2 Å². The summed E-state index contributed by atoms with van der Waals surface area (Å²) in [7, 11) is -1.66. The molecule has 0 atom stereocenters. The molecule has 0 fully saturated rings. The van der Waals surface area contributed by atoms with Crippen molar-refractivity contribution in [1.82, 2.24) is 4.57 Å². The first-order chi connectivity index (χ1) is 13.9. The Balaban J connectivity index is 2.05. The lowest BCUT2D eigenvalue weighted by molar-refractivity contribution is 0.415. The first-order valence-corrected chi connectivity index (χ1v) is 11.6. The summed E-state index contributed by atoms with van der Waals surface area (Å²) in [5.74, 6) is 0.898. The van der Waals surface area contributed by atoms with E-state index in [0.29, 0.717) is 12.1 Å². The highest BCUT2D eigenvalue weighted by Crippen LogP contribution is 2.38. The number of fused-ring (bicyclic) bond motifs is 1. The van der Waals surface area contributed by atoms with Crippen LogP contribution in [0.3, 0.4) is 0 Å². The number of sulfonamides is 1. The summed E-state index contributed by atoms with van der Waals surface area (Å²) in [6.45, 7) is 4.85. The lowest BCUT2D eigenvalue weighted by Crippen LogP contribution is -2.15. The topological polar surface area (TPSA) is 86.4 Å². The quantitative estimate of drug-likeness (QED) is 0.523. The van der Waals surface area contributed by atoms with Crippen molar-refractivity contribution in [2.24, 2.45) is 0 Å². The van der Waals surface area contributed by atoms with Crippen molar-refractivity contribution in [3.63, 3.8) is 0 Å². The Morgan fingerprint density at radius 3 is 2.41 bits per heavy atom. The van der Waals surface area contributed by atoms with Gasteiger partial charge in [0.1, 0.15) is 5.75 Å². The highest BCUT2D eigenvalue weighted by Gasteiger charge is 2.17. The van der Waals surface area contributed by atoms with Gasteiger partial charge in [0.15, 0.2) is 0 Å². The van der Waals surface area contributed by atoms with E-state index in [1.165, 1.54) is 0 Å². The third kappa shape index (κ3) is 4.50. The van der Waals surface area contributed by atoms with Crippen LogP contribution in [0.2, 0.25) is 0 Å². The average Bonchev–Trinajstić information content (AvgIpc) is 2.97. The number of hydrogen-bond donors (Lipinski definition) is 2. The Morgan fingerprint density at radius 1 is 1.07 bits per heavy atom. The van der Waals surface area contributed by atoms with Crippen LogP contribution in [0.4, 0.5) is 11.4 Å². The zero-order valence-corrected chi connectivity index (χ0v) is 18.1. The summed E-state index contributed by atoms with van der Waals surface area (Å²) in [5, 5.41) is 0.990. The number of methoxy groups -OCH3 is 1. The van der Waals surface area contributed by atoms with Crippen molar-refractivity contribution in [2.75, 3.05) is 23.3 Å². The predicted molar refractivity (Wildman–Crippen MR) is 121 cm³/mol. The Kier molecular flexibility index (Phi) is 6.37. The van der Waals surface area contributed by atoms with E-state index in [1.807, 2.05) is 37.3 Å². The second kappa shape index (κ2) is 8.78. The van der Waals surface area contributed by atoms with Gasteiger partial charge in [-0.3, -0.25) is 4.72 Å². The van der Waals surface area contributed by atoms with E-state index in [9.17, 15) is 8.42 Å². The predicted octanol–water partition coefficient (Wildman–Crippen LogP) is 4.85. The SMILES string of the molecule is CCCCn1c(-c2ccc(NS(=O)(=O)CCC)cc2)c(N)c2ccc(OC)cc21. The van der Waals surface area contributed by atoms with Crippen LogP contribution in [0, 0.1) is 0 Å². The smallest absolute Gasteiger partial charge is 0.232 e. The lowest BCUT2D eigenvalue weighted by Gasteiger charge is -2.13. The molecule has 1 aromatic heterocycles. The van der Waals surface area contributed by atoms with Crippen LogP contribution in [-0.4, -0.2) is 25.8 Å². The molecule has 7 heteroatoms. The van der Waals surface area contributed by atoms with Gasteiger partial charge in [0.2, 0.25) is 10.0 Å². The molecule has 0 amide bonds. The maximum absolute atomic E-state index is 12.0. The standard InChI is InChI=1S/C22H29N3O3S/c1-4-6-13-25-20-15-18(28-3)11-12-19(20)21(23)22(25)16-7-9-17(10-8-16)24-29(26,27)14-5-2/h7-12,15,24H,4-6,13-14,23H2,1-3H3. The molecule has 0 radical (unpaired) electrons. The highest BCUT2D eigenvalue weighted by molar-refractivity contribution is 7.92. The molecule has 0 aliphatic heterocycles. The molecule has 0 aliphatic carbocycles. The van der Waals surface area contributed by atoms with Gasteiger partial charge >= 0.3 is 0 Å². The van der Waals surface area contributed by atoms with Gasteiger partial charge in [-0.05, 0) is 37.1 Å². The van der Waals surface area contributed by atoms with Crippen LogP contribution in [-0.2, 0) is 16.6 Å². The molecule has 0 unspecified atom stereocenters. The van der Waals surface area contributed by atoms with Crippen LogP contribution in [0.5, 0.6) is 5.75 Å². The second-order valence-electron chi connectivity index (χ2n) is 7.15. The molecule has 0 saturated carbocycles. The number of nitrogens with two attached hydrogens (primary N) is 1. The van der Waals surface area contributed by atoms with Crippen LogP contribution in [0.1, 0.15) is 33.1 Å².